The molecule has 8 atom stereocenters. The van der Waals surface area contributed by atoms with Crippen molar-refractivity contribution in [3.05, 3.63) is 36.0 Å². The number of aliphatic hydroxyl groups excluding tert-OH is 1. The molecular formula is C31H43FO6. The van der Waals surface area contributed by atoms with Gasteiger partial charge in [0.2, 0.25) is 5.78 Å². The molecule has 0 unspecified atom stereocenters. The minimum absolute atomic E-state index is 0.0240. The monoisotopic (exact) mass is 530 g/mol. The van der Waals surface area contributed by atoms with E-state index in [9.17, 15) is 24.6 Å². The zero-order valence-corrected chi connectivity index (χ0v) is 23.2. The van der Waals surface area contributed by atoms with Crippen LogP contribution in [0.1, 0.15) is 85.5 Å². The molecule has 0 heterocycles. The van der Waals surface area contributed by atoms with Gasteiger partial charge in [-0.15, -0.1) is 0 Å². The van der Waals surface area contributed by atoms with Crippen LogP contribution in [-0.4, -0.2) is 51.7 Å². The number of ether oxygens (including phenoxy) is 1. The summed E-state index contributed by atoms with van der Waals surface area (Å²) in [5.41, 5.74) is -4.11. The van der Waals surface area contributed by atoms with Crippen molar-refractivity contribution in [2.75, 3.05) is 6.61 Å². The summed E-state index contributed by atoms with van der Waals surface area (Å²) in [5.74, 6) is -2.46. The molecule has 3 fully saturated rings. The number of esters is 1. The fourth-order valence-corrected chi connectivity index (χ4v) is 8.38. The lowest BCUT2D eigenvalue weighted by molar-refractivity contribution is -0.219. The number of allylic oxidation sites excluding steroid dienone is 5. The van der Waals surface area contributed by atoms with Gasteiger partial charge in [-0.2, -0.15) is 0 Å². The highest BCUT2D eigenvalue weighted by Gasteiger charge is 2.75. The van der Waals surface area contributed by atoms with E-state index in [1.165, 1.54) is 0 Å². The Morgan fingerprint density at radius 1 is 1.18 bits per heavy atom. The molecule has 0 saturated heterocycles. The van der Waals surface area contributed by atoms with Crippen LogP contribution in [0.25, 0.3) is 0 Å². The minimum atomic E-state index is -1.94. The number of carbonyl (C=O) groups is 3. The number of carbonyl (C=O) groups excluding carboxylic acids is 3. The van der Waals surface area contributed by atoms with E-state index in [0.29, 0.717) is 38.5 Å². The van der Waals surface area contributed by atoms with Crippen LogP contribution in [0.3, 0.4) is 0 Å². The molecule has 210 valence electrons. The Labute approximate surface area is 225 Å². The molecule has 0 amide bonds. The molecule has 3 saturated carbocycles. The summed E-state index contributed by atoms with van der Waals surface area (Å²) >= 11 is 0. The average molecular weight is 531 g/mol. The molecule has 0 aromatic carbocycles. The maximum atomic E-state index is 17.3. The second-order valence-corrected chi connectivity index (χ2v) is 12.6. The van der Waals surface area contributed by atoms with E-state index >= 15 is 4.39 Å². The van der Waals surface area contributed by atoms with Gasteiger partial charge < -0.3 is 14.9 Å². The summed E-state index contributed by atoms with van der Waals surface area (Å²) in [4.78, 5) is 37.4. The van der Waals surface area contributed by atoms with Crippen LogP contribution in [-0.2, 0) is 19.1 Å². The largest absolute Gasteiger partial charge is 0.458 e. The Bertz CT molecular complexity index is 1080. The van der Waals surface area contributed by atoms with E-state index in [4.69, 9.17) is 4.74 Å². The predicted molar refractivity (Wildman–Crippen MR) is 142 cm³/mol. The highest BCUT2D eigenvalue weighted by atomic mass is 19.1. The molecular weight excluding hydrogens is 487 g/mol. The number of fused-ring (bicyclic) bond motifs is 5. The van der Waals surface area contributed by atoms with Crippen molar-refractivity contribution in [1.29, 1.82) is 0 Å². The van der Waals surface area contributed by atoms with Crippen molar-refractivity contribution in [3.63, 3.8) is 0 Å². The van der Waals surface area contributed by atoms with E-state index in [-0.39, 0.29) is 24.5 Å². The lowest BCUT2D eigenvalue weighted by atomic mass is 9.44. The van der Waals surface area contributed by atoms with Gasteiger partial charge in [-0.25, -0.2) is 4.39 Å². The van der Waals surface area contributed by atoms with Gasteiger partial charge in [0, 0.05) is 36.0 Å². The van der Waals surface area contributed by atoms with Gasteiger partial charge in [-0.1, -0.05) is 51.2 Å². The van der Waals surface area contributed by atoms with E-state index in [2.05, 4.69) is 6.58 Å². The number of halogens is 1. The first-order valence-electron chi connectivity index (χ1n) is 14.1. The summed E-state index contributed by atoms with van der Waals surface area (Å²) < 4.78 is 22.5. The van der Waals surface area contributed by atoms with Crippen LogP contribution in [0.15, 0.2) is 36.0 Å². The normalized spacial score (nSPS) is 41.6. The average Bonchev–Trinajstić information content (AvgIpc) is 3.05. The summed E-state index contributed by atoms with van der Waals surface area (Å²) in [7, 11) is 0. The van der Waals surface area contributed by atoms with Gasteiger partial charge in [0.05, 0.1) is 6.10 Å². The zero-order valence-electron chi connectivity index (χ0n) is 23.2. The molecule has 0 spiro atoms. The van der Waals surface area contributed by atoms with Crippen molar-refractivity contribution in [2.24, 2.45) is 28.6 Å². The smallest absolute Gasteiger partial charge is 0.306 e. The lowest BCUT2D eigenvalue weighted by Gasteiger charge is -2.62. The van der Waals surface area contributed by atoms with Crippen LogP contribution in [0.5, 0.6) is 0 Å². The number of rotatable bonds is 9. The van der Waals surface area contributed by atoms with Crippen LogP contribution in [0.2, 0.25) is 0 Å². The number of hydrogen-bond donors (Lipinski definition) is 2. The summed E-state index contributed by atoms with van der Waals surface area (Å²) in [6.07, 6.45) is 7.64. The minimum Gasteiger partial charge on any atom is -0.458 e. The van der Waals surface area contributed by atoms with Crippen molar-refractivity contribution in [2.45, 2.75) is 103 Å². The SMILES string of the molecule is C=C1C=C[C@]2(C)C(=C1)CC[C@@H]1[C@H]3C[C@H](C)[C@@](O)(C(=O)COC(=O)CCCC(=O)CCC)[C@]3(C)C[C@@H](O)[C@]12F. The van der Waals surface area contributed by atoms with Crippen molar-refractivity contribution in [3.8, 4) is 0 Å². The molecule has 0 bridgehead atoms. The molecule has 7 heteroatoms. The first kappa shape index (κ1) is 28.9. The number of alkyl halides is 1. The molecule has 2 N–H and O–H groups in total. The van der Waals surface area contributed by atoms with Crippen molar-refractivity contribution < 1.29 is 33.7 Å². The Hall–Kier alpha value is -2.12. The maximum absolute atomic E-state index is 17.3. The van der Waals surface area contributed by atoms with Gasteiger partial charge >= 0.3 is 5.97 Å². The molecule has 0 aliphatic heterocycles. The van der Waals surface area contributed by atoms with E-state index in [1.54, 1.807) is 19.9 Å². The van der Waals surface area contributed by atoms with Crippen LogP contribution >= 0.6 is 0 Å². The third-order valence-corrected chi connectivity index (χ3v) is 10.5. The second kappa shape index (κ2) is 10.1. The fraction of sp³-hybridized carbons (Fsp3) is 0.710. The molecule has 4 rings (SSSR count). The molecule has 0 aromatic heterocycles. The van der Waals surface area contributed by atoms with Gasteiger partial charge in [0.15, 0.2) is 12.3 Å². The fourth-order valence-electron chi connectivity index (χ4n) is 8.38. The van der Waals surface area contributed by atoms with E-state index < -0.39 is 58.4 Å². The standard InChI is InChI=1S/C31H43FO6/c1-6-8-22(33)9-7-10-27(36)38-18-26(35)31(37)20(3)16-24-23-12-11-21-15-19(2)13-14-28(21,4)30(23,32)25(34)17-29(24,31)5/h13-15,20,23-25,34,37H,2,6-12,16-18H2,1,3-5H3/t20-,23+,24+,25+,28+,29+,30+,31+/m0/s1. The summed E-state index contributed by atoms with van der Waals surface area (Å²) in [5, 5.41) is 23.4. The van der Waals surface area contributed by atoms with E-state index in [0.717, 1.165) is 17.6 Å². The van der Waals surface area contributed by atoms with Crippen LogP contribution < -0.4 is 0 Å². The highest BCUT2D eigenvalue weighted by Crippen LogP contribution is 2.70. The quantitative estimate of drug-likeness (QED) is 0.408. The lowest BCUT2D eigenvalue weighted by Crippen LogP contribution is -2.69. The summed E-state index contributed by atoms with van der Waals surface area (Å²) in [6.45, 7) is 10.7. The Morgan fingerprint density at radius 3 is 2.58 bits per heavy atom. The van der Waals surface area contributed by atoms with Crippen LogP contribution in [0.4, 0.5) is 4.39 Å². The number of hydrogen-bond acceptors (Lipinski definition) is 6. The topological polar surface area (TPSA) is 101 Å². The predicted octanol–water partition coefficient (Wildman–Crippen LogP) is 4.97. The van der Waals surface area contributed by atoms with Crippen LogP contribution in [0, 0.1) is 28.6 Å². The second-order valence-electron chi connectivity index (χ2n) is 12.6. The first-order chi connectivity index (χ1) is 17.8. The third-order valence-electron chi connectivity index (χ3n) is 10.5. The van der Waals surface area contributed by atoms with Gasteiger partial charge in [0.1, 0.15) is 11.4 Å². The van der Waals surface area contributed by atoms with Crippen molar-refractivity contribution in [1.82, 2.24) is 0 Å². The number of Topliss-reactive ketones (excluding diaryl/α,β-unsaturated/α-hetero) is 2. The Kier molecular flexibility index (Phi) is 7.69. The maximum Gasteiger partial charge on any atom is 0.306 e. The van der Waals surface area contributed by atoms with Gasteiger partial charge in [-0.05, 0) is 62.9 Å². The summed E-state index contributed by atoms with van der Waals surface area (Å²) in [6, 6.07) is 0. The molecule has 4 aliphatic carbocycles. The number of aliphatic hydroxyl groups is 2. The molecule has 38 heavy (non-hydrogen) atoms. The molecule has 0 aromatic rings. The Balaban J connectivity index is 1.51. The van der Waals surface area contributed by atoms with E-state index in [1.807, 2.05) is 26.0 Å². The molecule has 6 nitrogen and oxygen atoms in total. The Morgan fingerprint density at radius 2 is 1.89 bits per heavy atom. The molecule has 0 radical (unpaired) electrons. The molecule has 4 aliphatic rings. The van der Waals surface area contributed by atoms with Gasteiger partial charge in [0.25, 0.3) is 0 Å². The van der Waals surface area contributed by atoms with Gasteiger partial charge in [-0.3, -0.25) is 14.4 Å². The number of ketones is 2. The van der Waals surface area contributed by atoms with Crippen molar-refractivity contribution >= 4 is 17.5 Å². The highest BCUT2D eigenvalue weighted by molar-refractivity contribution is 5.91. The first-order valence-corrected chi connectivity index (χ1v) is 14.1. The third kappa shape index (κ3) is 4.16. The zero-order chi connectivity index (χ0) is 28.1.